The van der Waals surface area contributed by atoms with Crippen molar-refractivity contribution in [2.75, 3.05) is 6.61 Å². The van der Waals surface area contributed by atoms with E-state index < -0.39 is 11.6 Å². The summed E-state index contributed by atoms with van der Waals surface area (Å²) in [6.45, 7) is 4.32. The Kier molecular flexibility index (Phi) is 4.01. The summed E-state index contributed by atoms with van der Waals surface area (Å²) in [6.07, 6.45) is 0.559. The van der Waals surface area contributed by atoms with Gasteiger partial charge in [0.25, 0.3) is 0 Å². The number of ether oxygens (including phenoxy) is 1. The lowest BCUT2D eigenvalue weighted by Gasteiger charge is -2.13. The third kappa shape index (κ3) is 2.77. The molecule has 0 spiro atoms. The van der Waals surface area contributed by atoms with E-state index in [0.29, 0.717) is 12.2 Å². The van der Waals surface area contributed by atoms with Gasteiger partial charge in [-0.1, -0.05) is 13.0 Å². The third-order valence-electron chi connectivity index (χ3n) is 1.97. The Morgan fingerprint density at radius 2 is 2.07 bits per heavy atom. The molecule has 0 aliphatic rings. The molecular formula is C11H14F2O. The van der Waals surface area contributed by atoms with Crippen LogP contribution in [0.2, 0.25) is 0 Å². The molecule has 1 aromatic carbocycles. The molecule has 0 N–H and O–H groups in total. The second kappa shape index (κ2) is 5.05. The van der Waals surface area contributed by atoms with Crippen LogP contribution in [-0.4, -0.2) is 6.61 Å². The van der Waals surface area contributed by atoms with Gasteiger partial charge in [-0.15, -0.1) is 0 Å². The molecule has 1 atom stereocenters. The van der Waals surface area contributed by atoms with E-state index in [9.17, 15) is 8.78 Å². The highest BCUT2D eigenvalue weighted by atomic mass is 19.1. The van der Waals surface area contributed by atoms with Gasteiger partial charge in [-0.25, -0.2) is 8.78 Å². The fraction of sp³-hybridized carbons (Fsp3) is 0.455. The minimum absolute atomic E-state index is 0.324. The summed E-state index contributed by atoms with van der Waals surface area (Å²) in [6, 6.07) is 3.54. The monoisotopic (exact) mass is 200 g/mol. The zero-order chi connectivity index (χ0) is 10.6. The maximum absolute atomic E-state index is 13.2. The van der Waals surface area contributed by atoms with E-state index in [2.05, 4.69) is 0 Å². The largest absolute Gasteiger partial charge is 0.374 e. The summed E-state index contributed by atoms with van der Waals surface area (Å²) in [5.41, 5.74) is 0.403. The van der Waals surface area contributed by atoms with Crippen LogP contribution in [0.15, 0.2) is 18.2 Å². The normalized spacial score (nSPS) is 12.9. The Balaban J connectivity index is 2.74. The zero-order valence-corrected chi connectivity index (χ0v) is 8.39. The lowest BCUT2D eigenvalue weighted by molar-refractivity contribution is 0.0637. The topological polar surface area (TPSA) is 9.23 Å². The molecule has 14 heavy (non-hydrogen) atoms. The van der Waals surface area contributed by atoms with Crippen LogP contribution >= 0.6 is 0 Å². The van der Waals surface area contributed by atoms with E-state index >= 15 is 0 Å². The number of hydrogen-bond donors (Lipinski definition) is 0. The van der Waals surface area contributed by atoms with Crippen LogP contribution in [0.4, 0.5) is 8.78 Å². The first kappa shape index (κ1) is 11.1. The number of benzene rings is 1. The van der Waals surface area contributed by atoms with Crippen LogP contribution in [0.5, 0.6) is 0 Å². The average Bonchev–Trinajstić information content (AvgIpc) is 2.14. The van der Waals surface area contributed by atoms with Crippen molar-refractivity contribution in [3.8, 4) is 0 Å². The van der Waals surface area contributed by atoms with Crippen molar-refractivity contribution in [3.63, 3.8) is 0 Å². The molecule has 0 aromatic heterocycles. The molecule has 78 valence electrons. The number of rotatable bonds is 4. The summed E-state index contributed by atoms with van der Waals surface area (Å²) in [5, 5.41) is 0. The van der Waals surface area contributed by atoms with Gasteiger partial charge < -0.3 is 4.74 Å². The van der Waals surface area contributed by atoms with Crippen LogP contribution in [0.1, 0.15) is 31.9 Å². The fourth-order valence-corrected chi connectivity index (χ4v) is 1.22. The van der Waals surface area contributed by atoms with Gasteiger partial charge in [0, 0.05) is 18.2 Å². The second-order valence-corrected chi connectivity index (χ2v) is 3.18. The highest BCUT2D eigenvalue weighted by Crippen LogP contribution is 2.20. The average molecular weight is 200 g/mol. The van der Waals surface area contributed by atoms with Gasteiger partial charge in [-0.05, 0) is 19.4 Å². The quantitative estimate of drug-likeness (QED) is 0.723. The minimum atomic E-state index is -0.561. The first-order chi connectivity index (χ1) is 6.65. The van der Waals surface area contributed by atoms with Crippen molar-refractivity contribution in [1.82, 2.24) is 0 Å². The molecule has 1 aromatic rings. The van der Waals surface area contributed by atoms with Gasteiger partial charge in [0.15, 0.2) is 0 Å². The van der Waals surface area contributed by atoms with Crippen LogP contribution in [0, 0.1) is 11.6 Å². The van der Waals surface area contributed by atoms with E-state index in [0.717, 1.165) is 12.5 Å². The molecule has 0 saturated carbocycles. The first-order valence-corrected chi connectivity index (χ1v) is 4.71. The summed E-state index contributed by atoms with van der Waals surface area (Å²) < 4.78 is 31.1. The lowest BCUT2D eigenvalue weighted by Crippen LogP contribution is -2.03. The number of halogens is 2. The molecule has 0 aliphatic carbocycles. The Hall–Kier alpha value is -0.960. The van der Waals surface area contributed by atoms with Crippen LogP contribution in [0.25, 0.3) is 0 Å². The Morgan fingerprint density at radius 1 is 1.36 bits per heavy atom. The van der Waals surface area contributed by atoms with Crippen molar-refractivity contribution >= 4 is 0 Å². The summed E-state index contributed by atoms with van der Waals surface area (Å²) in [7, 11) is 0. The van der Waals surface area contributed by atoms with Crippen molar-refractivity contribution in [1.29, 1.82) is 0 Å². The van der Waals surface area contributed by atoms with Gasteiger partial charge in [-0.3, -0.25) is 0 Å². The van der Waals surface area contributed by atoms with E-state index in [1.54, 1.807) is 6.92 Å². The molecule has 0 saturated heterocycles. The van der Waals surface area contributed by atoms with Crippen molar-refractivity contribution in [3.05, 3.63) is 35.4 Å². The summed E-state index contributed by atoms with van der Waals surface area (Å²) in [4.78, 5) is 0. The molecule has 0 fully saturated rings. The smallest absolute Gasteiger partial charge is 0.131 e. The van der Waals surface area contributed by atoms with Crippen LogP contribution in [0.3, 0.4) is 0 Å². The van der Waals surface area contributed by atoms with E-state index in [1.165, 1.54) is 12.1 Å². The molecular weight excluding hydrogens is 186 g/mol. The third-order valence-corrected chi connectivity index (χ3v) is 1.97. The molecule has 0 unspecified atom stereocenters. The van der Waals surface area contributed by atoms with Gasteiger partial charge in [0.2, 0.25) is 0 Å². The van der Waals surface area contributed by atoms with E-state index in [-0.39, 0.29) is 6.10 Å². The molecule has 0 heterocycles. The molecule has 0 aliphatic heterocycles. The maximum Gasteiger partial charge on any atom is 0.131 e. The molecule has 0 bridgehead atoms. The standard InChI is InChI=1S/C11H14F2O/c1-3-6-14-8(2)10-5-4-9(12)7-11(10)13/h4-5,7-8H,3,6H2,1-2H3/t8-/m0/s1. The van der Waals surface area contributed by atoms with E-state index in [1.807, 2.05) is 6.92 Å². The molecule has 3 heteroatoms. The van der Waals surface area contributed by atoms with Gasteiger partial charge >= 0.3 is 0 Å². The highest BCUT2D eigenvalue weighted by molar-refractivity contribution is 5.20. The highest BCUT2D eigenvalue weighted by Gasteiger charge is 2.11. The molecule has 0 radical (unpaired) electrons. The van der Waals surface area contributed by atoms with Gasteiger partial charge in [-0.2, -0.15) is 0 Å². The lowest BCUT2D eigenvalue weighted by atomic mass is 10.1. The van der Waals surface area contributed by atoms with Gasteiger partial charge in [0.1, 0.15) is 11.6 Å². The number of hydrogen-bond acceptors (Lipinski definition) is 1. The predicted octanol–water partition coefficient (Wildman–Crippen LogP) is 3.45. The van der Waals surface area contributed by atoms with Crippen molar-refractivity contribution in [2.24, 2.45) is 0 Å². The first-order valence-electron chi connectivity index (χ1n) is 4.71. The van der Waals surface area contributed by atoms with E-state index in [4.69, 9.17) is 4.74 Å². The SMILES string of the molecule is CCCO[C@@H](C)c1ccc(F)cc1F. The fourth-order valence-electron chi connectivity index (χ4n) is 1.22. The van der Waals surface area contributed by atoms with Crippen LogP contribution < -0.4 is 0 Å². The second-order valence-electron chi connectivity index (χ2n) is 3.18. The Morgan fingerprint density at radius 3 is 2.64 bits per heavy atom. The Bertz CT molecular complexity index is 299. The molecule has 1 rings (SSSR count). The van der Waals surface area contributed by atoms with Crippen LogP contribution in [-0.2, 0) is 4.74 Å². The predicted molar refractivity (Wildman–Crippen MR) is 51.0 cm³/mol. The molecule has 1 nitrogen and oxygen atoms in total. The van der Waals surface area contributed by atoms with Crippen molar-refractivity contribution < 1.29 is 13.5 Å². The Labute approximate surface area is 82.7 Å². The summed E-state index contributed by atoms with van der Waals surface area (Å²) >= 11 is 0. The van der Waals surface area contributed by atoms with Gasteiger partial charge in [0.05, 0.1) is 6.10 Å². The zero-order valence-electron chi connectivity index (χ0n) is 8.39. The summed E-state index contributed by atoms with van der Waals surface area (Å²) in [5.74, 6) is -1.11. The molecule has 0 amide bonds. The maximum atomic E-state index is 13.2. The van der Waals surface area contributed by atoms with Crippen molar-refractivity contribution in [2.45, 2.75) is 26.4 Å². The minimum Gasteiger partial charge on any atom is -0.374 e.